The molecule has 2 nitrogen and oxygen atoms in total. The summed E-state index contributed by atoms with van der Waals surface area (Å²) in [5.41, 5.74) is 17.6. The van der Waals surface area contributed by atoms with Gasteiger partial charge in [-0.15, -0.1) is 0 Å². The zero-order chi connectivity index (χ0) is 22.7. The Morgan fingerprint density at radius 3 is 2.12 bits per heavy atom. The van der Waals surface area contributed by atoms with Gasteiger partial charge >= 0.3 is 0 Å². The van der Waals surface area contributed by atoms with E-state index >= 15 is 0 Å². The smallest absolute Gasteiger partial charge is 0.0502 e. The predicted octanol–water partition coefficient (Wildman–Crippen LogP) is 7.51. The van der Waals surface area contributed by atoms with E-state index in [1.54, 1.807) is 5.56 Å². The summed E-state index contributed by atoms with van der Waals surface area (Å²) in [7, 11) is 0. The van der Waals surface area contributed by atoms with E-state index in [-0.39, 0.29) is 0 Å². The van der Waals surface area contributed by atoms with Crippen molar-refractivity contribution in [3.63, 3.8) is 0 Å². The molecule has 3 N–H and O–H groups in total. The van der Waals surface area contributed by atoms with E-state index in [1.165, 1.54) is 82.9 Å². The summed E-state index contributed by atoms with van der Waals surface area (Å²) >= 11 is 0. The molecular formula is C31H40N2. The molecule has 0 amide bonds. The zero-order valence-electron chi connectivity index (χ0n) is 20.8. The normalized spacial score (nSPS) is 28.2. The standard InChI is InChI=1S/C31H40N2/c1-19-10-20(2)29(21(3)11-19)30-26(6-4-5-9-32)27-15-25(7-8-28(27)33-30)31-16-22-12-23(17-31)14-24(13-22)18-31/h7-8,10-11,15,22-24,33H,4-6,9,12-14,16-18,32H2,1-3H3. The van der Waals surface area contributed by atoms with Gasteiger partial charge in [-0.3, -0.25) is 0 Å². The SMILES string of the molecule is Cc1cc(C)c(-c2[nH]c3ccc(C45CC6CC(CC(C6)C4)C5)cc3c2CCCCN)c(C)c1. The molecule has 4 aliphatic rings. The third-order valence-corrected chi connectivity index (χ3v) is 9.36. The van der Waals surface area contributed by atoms with Gasteiger partial charge < -0.3 is 10.7 Å². The first-order valence-electron chi connectivity index (χ1n) is 13.4. The molecule has 1 aromatic heterocycles. The first kappa shape index (κ1) is 21.5. The number of aromatic nitrogens is 1. The van der Waals surface area contributed by atoms with Crippen LogP contribution >= 0.6 is 0 Å². The van der Waals surface area contributed by atoms with Gasteiger partial charge in [0.2, 0.25) is 0 Å². The van der Waals surface area contributed by atoms with E-state index in [0.717, 1.165) is 43.6 Å². The van der Waals surface area contributed by atoms with Gasteiger partial charge in [0.25, 0.3) is 0 Å². The largest absolute Gasteiger partial charge is 0.354 e. The van der Waals surface area contributed by atoms with Crippen LogP contribution in [0.5, 0.6) is 0 Å². The number of aryl methyl sites for hydroxylation is 4. The van der Waals surface area contributed by atoms with Crippen molar-refractivity contribution in [2.45, 2.75) is 84.0 Å². The minimum Gasteiger partial charge on any atom is -0.354 e. The summed E-state index contributed by atoms with van der Waals surface area (Å²) in [6, 6.07) is 12.2. The van der Waals surface area contributed by atoms with Crippen molar-refractivity contribution < 1.29 is 0 Å². The van der Waals surface area contributed by atoms with Gasteiger partial charge in [-0.05, 0) is 143 Å². The van der Waals surface area contributed by atoms with Crippen LogP contribution in [0.15, 0.2) is 30.3 Å². The molecule has 0 radical (unpaired) electrons. The molecule has 4 saturated carbocycles. The molecule has 0 saturated heterocycles. The average Bonchev–Trinajstić information content (AvgIpc) is 3.10. The lowest BCUT2D eigenvalue weighted by atomic mass is 9.48. The minimum absolute atomic E-state index is 0.449. The Kier molecular flexibility index (Phi) is 5.21. The van der Waals surface area contributed by atoms with Gasteiger partial charge in [-0.25, -0.2) is 0 Å². The molecule has 0 spiro atoms. The van der Waals surface area contributed by atoms with Gasteiger partial charge in [-0.2, -0.15) is 0 Å². The van der Waals surface area contributed by atoms with Crippen LogP contribution in [0.3, 0.4) is 0 Å². The quantitative estimate of drug-likeness (QED) is 0.383. The maximum Gasteiger partial charge on any atom is 0.0502 e. The van der Waals surface area contributed by atoms with Crippen LogP contribution in [0, 0.1) is 38.5 Å². The Bertz CT molecular complexity index is 1140. The highest BCUT2D eigenvalue weighted by atomic mass is 14.7. The lowest BCUT2D eigenvalue weighted by molar-refractivity contribution is -0.00513. The minimum atomic E-state index is 0.449. The second kappa shape index (κ2) is 8.01. The third-order valence-electron chi connectivity index (χ3n) is 9.36. The molecular weight excluding hydrogens is 400 g/mol. The lowest BCUT2D eigenvalue weighted by Gasteiger charge is -2.57. The fraction of sp³-hybridized carbons (Fsp3) is 0.548. The topological polar surface area (TPSA) is 41.8 Å². The summed E-state index contributed by atoms with van der Waals surface area (Å²) in [6.07, 6.45) is 12.2. The average molecular weight is 441 g/mol. The maximum absolute atomic E-state index is 5.88. The number of nitrogens with one attached hydrogen (secondary N) is 1. The summed E-state index contributed by atoms with van der Waals surface area (Å²) in [5.74, 6) is 2.95. The molecule has 1 heterocycles. The first-order chi connectivity index (χ1) is 16.0. The number of unbranched alkanes of at least 4 members (excludes halogenated alkanes) is 1. The van der Waals surface area contributed by atoms with Gasteiger partial charge in [0.05, 0.1) is 5.69 Å². The number of aromatic amines is 1. The van der Waals surface area contributed by atoms with Gasteiger partial charge in [0, 0.05) is 16.5 Å². The van der Waals surface area contributed by atoms with Gasteiger partial charge in [-0.1, -0.05) is 23.8 Å². The number of hydrogen-bond donors (Lipinski definition) is 2. The van der Waals surface area contributed by atoms with Crippen LogP contribution in [0.2, 0.25) is 0 Å². The molecule has 0 unspecified atom stereocenters. The molecule has 4 aliphatic carbocycles. The first-order valence-corrected chi connectivity index (χ1v) is 13.4. The van der Waals surface area contributed by atoms with Crippen molar-refractivity contribution in [1.82, 2.24) is 4.98 Å². The monoisotopic (exact) mass is 440 g/mol. The van der Waals surface area contributed by atoms with Crippen LogP contribution in [-0.2, 0) is 11.8 Å². The second-order valence-corrected chi connectivity index (χ2v) is 12.0. The highest BCUT2D eigenvalue weighted by molar-refractivity contribution is 5.92. The van der Waals surface area contributed by atoms with Gasteiger partial charge in [0.15, 0.2) is 0 Å². The Morgan fingerprint density at radius 1 is 0.879 bits per heavy atom. The molecule has 4 bridgehead atoms. The summed E-state index contributed by atoms with van der Waals surface area (Å²) < 4.78 is 0. The molecule has 4 fully saturated rings. The molecule has 0 aliphatic heterocycles. The molecule has 7 rings (SSSR count). The van der Waals surface area contributed by atoms with Crippen molar-refractivity contribution in [3.05, 3.63) is 58.1 Å². The fourth-order valence-corrected chi connectivity index (χ4v) is 8.54. The highest BCUT2D eigenvalue weighted by Gasteiger charge is 2.51. The summed E-state index contributed by atoms with van der Waals surface area (Å²) in [5, 5.41) is 1.47. The van der Waals surface area contributed by atoms with E-state index in [1.807, 2.05) is 0 Å². The molecule has 0 atom stereocenters. The van der Waals surface area contributed by atoms with Crippen LogP contribution in [0.25, 0.3) is 22.2 Å². The number of benzene rings is 2. The van der Waals surface area contributed by atoms with E-state index in [0.29, 0.717) is 5.41 Å². The lowest BCUT2D eigenvalue weighted by Crippen LogP contribution is -2.48. The molecule has 2 heteroatoms. The summed E-state index contributed by atoms with van der Waals surface area (Å²) in [4.78, 5) is 3.88. The fourth-order valence-electron chi connectivity index (χ4n) is 8.54. The van der Waals surface area contributed by atoms with Crippen LogP contribution in [0.4, 0.5) is 0 Å². The number of fused-ring (bicyclic) bond motifs is 1. The Hall–Kier alpha value is -2.06. The number of hydrogen-bond acceptors (Lipinski definition) is 1. The van der Waals surface area contributed by atoms with Crippen molar-refractivity contribution in [2.75, 3.05) is 6.54 Å². The van der Waals surface area contributed by atoms with E-state index < -0.39 is 0 Å². The van der Waals surface area contributed by atoms with E-state index in [4.69, 9.17) is 5.73 Å². The van der Waals surface area contributed by atoms with Crippen molar-refractivity contribution in [1.29, 1.82) is 0 Å². The van der Waals surface area contributed by atoms with Gasteiger partial charge in [0.1, 0.15) is 0 Å². The maximum atomic E-state index is 5.88. The Morgan fingerprint density at radius 2 is 1.52 bits per heavy atom. The van der Waals surface area contributed by atoms with E-state index in [2.05, 4.69) is 56.1 Å². The molecule has 2 aromatic carbocycles. The van der Waals surface area contributed by atoms with Crippen molar-refractivity contribution >= 4 is 10.9 Å². The molecule has 3 aromatic rings. The number of rotatable bonds is 6. The molecule has 174 valence electrons. The highest BCUT2D eigenvalue weighted by Crippen LogP contribution is 2.61. The van der Waals surface area contributed by atoms with Crippen LogP contribution < -0.4 is 5.73 Å². The Labute approximate surface area is 199 Å². The van der Waals surface area contributed by atoms with E-state index in [9.17, 15) is 0 Å². The summed E-state index contributed by atoms with van der Waals surface area (Å²) in [6.45, 7) is 7.52. The number of H-pyrrole nitrogens is 1. The zero-order valence-corrected chi connectivity index (χ0v) is 20.8. The molecule has 33 heavy (non-hydrogen) atoms. The van der Waals surface area contributed by atoms with Crippen LogP contribution in [-0.4, -0.2) is 11.5 Å². The second-order valence-electron chi connectivity index (χ2n) is 12.0. The van der Waals surface area contributed by atoms with Crippen molar-refractivity contribution in [3.8, 4) is 11.3 Å². The van der Waals surface area contributed by atoms with Crippen molar-refractivity contribution in [2.24, 2.45) is 23.5 Å². The predicted molar refractivity (Wildman–Crippen MR) is 140 cm³/mol. The number of nitrogens with two attached hydrogens (primary N) is 1. The Balaban J connectivity index is 1.48. The van der Waals surface area contributed by atoms with Crippen LogP contribution in [0.1, 0.15) is 79.2 Å². The third kappa shape index (κ3) is 3.57.